The van der Waals surface area contributed by atoms with Crippen LogP contribution in [0.4, 0.5) is 0 Å². The number of methoxy groups -OCH3 is 2. The third kappa shape index (κ3) is 16.5. The molecule has 0 aliphatic heterocycles. The van der Waals surface area contributed by atoms with E-state index in [1.165, 1.54) is 20.3 Å². The molecule has 1 atom stereocenters. The van der Waals surface area contributed by atoms with Gasteiger partial charge in [-0.15, -0.1) is 6.58 Å². The van der Waals surface area contributed by atoms with Crippen LogP contribution in [0.15, 0.2) is 65.7 Å². The number of Topliss-reactive ketones (excluding diaryl/α,β-unsaturated/α-hetero) is 1. The number of carbonyl (C=O) groups excluding carboxylic acids is 3. The summed E-state index contributed by atoms with van der Waals surface area (Å²) in [6, 6.07) is 14.1. The van der Waals surface area contributed by atoms with E-state index in [9.17, 15) is 14.4 Å². The van der Waals surface area contributed by atoms with Gasteiger partial charge < -0.3 is 19.4 Å². The molecule has 1 N–H and O–H groups in total. The summed E-state index contributed by atoms with van der Waals surface area (Å²) in [5.41, 5.74) is 2.15. The van der Waals surface area contributed by atoms with Gasteiger partial charge in [0.25, 0.3) is 0 Å². The minimum atomic E-state index is -0.352. The van der Waals surface area contributed by atoms with Gasteiger partial charge in [-0.1, -0.05) is 49.0 Å². The highest BCUT2D eigenvalue weighted by molar-refractivity contribution is 9.10. The van der Waals surface area contributed by atoms with Gasteiger partial charge in [0.05, 0.1) is 31.5 Å². The number of hydrogen-bond donors (Lipinski definition) is 1. The van der Waals surface area contributed by atoms with Crippen LogP contribution in [0, 0.1) is 0 Å². The van der Waals surface area contributed by atoms with Crippen molar-refractivity contribution in [2.75, 3.05) is 14.2 Å². The van der Waals surface area contributed by atoms with Crippen molar-refractivity contribution >= 4 is 33.7 Å². The minimum absolute atomic E-state index is 0. The number of aliphatic hydroxyl groups is 1. The lowest BCUT2D eigenvalue weighted by Gasteiger charge is -2.01. The fourth-order valence-electron chi connectivity index (χ4n) is 1.95. The molecule has 0 fully saturated rings. The van der Waals surface area contributed by atoms with E-state index in [4.69, 9.17) is 5.11 Å². The summed E-state index contributed by atoms with van der Waals surface area (Å²) in [6.45, 7) is 6.54. The molecule has 7 heteroatoms. The molecule has 0 aliphatic carbocycles. The molecule has 0 amide bonds. The summed E-state index contributed by atoms with van der Waals surface area (Å²) < 4.78 is 10.1. The number of halogens is 1. The third-order valence-corrected chi connectivity index (χ3v) is 4.28. The van der Waals surface area contributed by atoms with Crippen molar-refractivity contribution in [3.8, 4) is 0 Å². The Kier molecular flexibility index (Phi) is 21.0. The van der Waals surface area contributed by atoms with Gasteiger partial charge in [0.15, 0.2) is 0 Å². The number of aryl methyl sites for hydroxylation is 1. The zero-order chi connectivity index (χ0) is 23.8. The lowest BCUT2D eigenvalue weighted by Crippen LogP contribution is -2.01. The second-order valence-corrected chi connectivity index (χ2v) is 7.28. The summed E-state index contributed by atoms with van der Waals surface area (Å²) >= 11 is 3.26. The highest BCUT2D eigenvalue weighted by Gasteiger charge is 2.04. The lowest BCUT2D eigenvalue weighted by atomic mass is 10.1. The van der Waals surface area contributed by atoms with Crippen LogP contribution in [0.1, 0.15) is 61.4 Å². The van der Waals surface area contributed by atoms with Crippen LogP contribution in [-0.4, -0.2) is 43.2 Å². The average Bonchev–Trinajstić information content (AvgIpc) is 2.78. The highest BCUT2D eigenvalue weighted by Crippen LogP contribution is 2.11. The SMILES string of the molecule is C.C.C=CC(C)O.COC(=O)c1ccc(Br)cc1.COC(=O)c1ccc(CCC(C)=O)cc1. The Balaban J connectivity index is -0.000000443. The molecule has 0 radical (unpaired) electrons. The van der Waals surface area contributed by atoms with Crippen molar-refractivity contribution in [2.24, 2.45) is 0 Å². The van der Waals surface area contributed by atoms with E-state index in [0.717, 1.165) is 16.5 Å². The number of aliphatic hydroxyl groups excluding tert-OH is 1. The van der Waals surface area contributed by atoms with Crippen LogP contribution in [0.3, 0.4) is 0 Å². The predicted octanol–water partition coefficient (Wildman–Crippen LogP) is 6.06. The second kappa shape index (κ2) is 19.9. The Labute approximate surface area is 206 Å². The van der Waals surface area contributed by atoms with Gasteiger partial charge in [0, 0.05) is 10.9 Å². The van der Waals surface area contributed by atoms with E-state index in [0.29, 0.717) is 17.5 Å². The fourth-order valence-corrected chi connectivity index (χ4v) is 2.21. The van der Waals surface area contributed by atoms with Crippen LogP contribution >= 0.6 is 15.9 Å². The number of esters is 2. The summed E-state index contributed by atoms with van der Waals surface area (Å²) in [5.74, 6) is -0.474. The van der Waals surface area contributed by atoms with Gasteiger partial charge in [-0.3, -0.25) is 0 Å². The van der Waals surface area contributed by atoms with Crippen molar-refractivity contribution in [1.29, 1.82) is 0 Å². The Morgan fingerprint density at radius 3 is 1.61 bits per heavy atom. The summed E-state index contributed by atoms with van der Waals surface area (Å²) in [4.78, 5) is 32.8. The van der Waals surface area contributed by atoms with E-state index in [1.807, 2.05) is 12.1 Å². The van der Waals surface area contributed by atoms with Crippen molar-refractivity contribution in [1.82, 2.24) is 0 Å². The van der Waals surface area contributed by atoms with Crippen molar-refractivity contribution in [3.63, 3.8) is 0 Å². The number of rotatable bonds is 6. The molecule has 0 saturated heterocycles. The molecule has 0 saturated carbocycles. The Morgan fingerprint density at radius 2 is 1.30 bits per heavy atom. The van der Waals surface area contributed by atoms with Gasteiger partial charge in [0.2, 0.25) is 0 Å². The van der Waals surface area contributed by atoms with Crippen LogP contribution in [0.25, 0.3) is 0 Å². The van der Waals surface area contributed by atoms with Crippen LogP contribution < -0.4 is 0 Å². The maximum atomic E-state index is 11.1. The van der Waals surface area contributed by atoms with E-state index >= 15 is 0 Å². The first-order valence-electron chi connectivity index (χ1n) is 9.45. The molecule has 2 aromatic rings. The molecular weight excluding hydrogens is 488 g/mol. The monoisotopic (exact) mass is 524 g/mol. The summed E-state index contributed by atoms with van der Waals surface area (Å²) in [6.07, 6.45) is 2.38. The van der Waals surface area contributed by atoms with E-state index in [-0.39, 0.29) is 38.7 Å². The normalized spacial score (nSPS) is 9.64. The number of benzene rings is 2. The first-order valence-corrected chi connectivity index (χ1v) is 10.2. The molecule has 0 aromatic heterocycles. The van der Waals surface area contributed by atoms with Crippen LogP contribution in [0.5, 0.6) is 0 Å². The molecule has 0 bridgehead atoms. The smallest absolute Gasteiger partial charge is 0.337 e. The topological polar surface area (TPSA) is 89.9 Å². The van der Waals surface area contributed by atoms with Gasteiger partial charge >= 0.3 is 11.9 Å². The number of ketones is 1. The van der Waals surface area contributed by atoms with E-state index < -0.39 is 0 Å². The van der Waals surface area contributed by atoms with Crippen molar-refractivity contribution in [2.45, 2.75) is 47.6 Å². The summed E-state index contributed by atoms with van der Waals surface area (Å²) in [5, 5.41) is 8.24. The zero-order valence-electron chi connectivity index (χ0n) is 18.3. The van der Waals surface area contributed by atoms with E-state index in [1.54, 1.807) is 50.2 Å². The Bertz CT molecular complexity index is 827. The molecule has 184 valence electrons. The first-order chi connectivity index (χ1) is 14.6. The zero-order valence-corrected chi connectivity index (χ0v) is 19.8. The molecule has 1 unspecified atom stereocenters. The van der Waals surface area contributed by atoms with E-state index in [2.05, 4.69) is 32.0 Å². The average molecular weight is 525 g/mol. The van der Waals surface area contributed by atoms with Gasteiger partial charge in [-0.2, -0.15) is 0 Å². The largest absolute Gasteiger partial charge is 0.465 e. The van der Waals surface area contributed by atoms with Crippen molar-refractivity contribution < 1.29 is 29.0 Å². The molecule has 0 spiro atoms. The Morgan fingerprint density at radius 1 is 0.939 bits per heavy atom. The molecule has 2 aromatic carbocycles. The molecule has 6 nitrogen and oxygen atoms in total. The molecule has 0 aliphatic rings. The highest BCUT2D eigenvalue weighted by atomic mass is 79.9. The fraction of sp³-hybridized carbons (Fsp3) is 0.346. The van der Waals surface area contributed by atoms with Gasteiger partial charge in [0.1, 0.15) is 5.78 Å². The quantitative estimate of drug-likeness (QED) is 0.365. The molecule has 33 heavy (non-hydrogen) atoms. The van der Waals surface area contributed by atoms with Crippen LogP contribution in [-0.2, 0) is 20.7 Å². The Hall–Kier alpha value is -2.77. The second-order valence-electron chi connectivity index (χ2n) is 6.37. The maximum absolute atomic E-state index is 11.1. The standard InChI is InChI=1S/C12H14O3.C8H7BrO2.C4H8O.2CH4/c1-9(13)3-4-10-5-7-11(8-6-10)12(14)15-2;1-11-8(10)6-2-4-7(9)5-3-6;1-3-4(2)5;;/h5-8H,3-4H2,1-2H3;2-5H,1H3;3-5H,1H2,2H3;2*1H4. The minimum Gasteiger partial charge on any atom is -0.465 e. The van der Waals surface area contributed by atoms with Crippen molar-refractivity contribution in [3.05, 3.63) is 82.3 Å². The summed E-state index contributed by atoms with van der Waals surface area (Å²) in [7, 11) is 2.72. The first kappa shape index (κ1) is 34.8. The maximum Gasteiger partial charge on any atom is 0.337 e. The lowest BCUT2D eigenvalue weighted by molar-refractivity contribution is -0.116. The van der Waals surface area contributed by atoms with Gasteiger partial charge in [-0.05, 0) is 62.2 Å². The molecular formula is C26H37BrO6. The van der Waals surface area contributed by atoms with Crippen LogP contribution in [0.2, 0.25) is 0 Å². The predicted molar refractivity (Wildman–Crippen MR) is 138 cm³/mol. The molecule has 0 heterocycles. The molecule has 2 rings (SSSR count). The number of carbonyl (C=O) groups is 3. The number of ether oxygens (including phenoxy) is 2. The van der Waals surface area contributed by atoms with Gasteiger partial charge in [-0.25, -0.2) is 9.59 Å². The number of hydrogen-bond acceptors (Lipinski definition) is 6. The third-order valence-electron chi connectivity index (χ3n) is 3.75.